The van der Waals surface area contributed by atoms with Gasteiger partial charge in [0.1, 0.15) is 0 Å². The molecule has 0 atom stereocenters. The molecular formula is C18H20ClN5OS. The quantitative estimate of drug-likeness (QED) is 0.507. The highest BCUT2D eigenvalue weighted by Gasteiger charge is 2.10. The average Bonchev–Trinajstić information content (AvgIpc) is 3.11. The summed E-state index contributed by atoms with van der Waals surface area (Å²) < 4.78 is 9.40. The number of hydrogen-bond acceptors (Lipinski definition) is 4. The topological polar surface area (TPSA) is 60.1 Å². The Bertz CT molecular complexity index is 1000. The van der Waals surface area contributed by atoms with E-state index in [1.165, 1.54) is 0 Å². The Labute approximate surface area is 162 Å². The number of benzene rings is 1. The van der Waals surface area contributed by atoms with Crippen LogP contribution in [-0.2, 0) is 11.3 Å². The molecule has 0 aliphatic rings. The van der Waals surface area contributed by atoms with Crippen molar-refractivity contribution in [2.75, 3.05) is 13.7 Å². The fraction of sp³-hybridized carbons (Fsp3) is 0.278. The molecule has 0 radical (unpaired) electrons. The van der Waals surface area contributed by atoms with Crippen LogP contribution in [0.5, 0.6) is 0 Å². The van der Waals surface area contributed by atoms with Gasteiger partial charge in [-0.1, -0.05) is 23.7 Å². The maximum Gasteiger partial charge on any atom is 0.216 e. The van der Waals surface area contributed by atoms with Crippen LogP contribution in [-0.4, -0.2) is 39.4 Å². The summed E-state index contributed by atoms with van der Waals surface area (Å²) in [6, 6.07) is 9.52. The Kier molecular flexibility index (Phi) is 5.70. The Morgan fingerprint density at radius 3 is 2.88 bits per heavy atom. The van der Waals surface area contributed by atoms with Crippen LogP contribution in [0.15, 0.2) is 35.4 Å². The lowest BCUT2D eigenvalue weighted by atomic mass is 10.2. The molecule has 0 aliphatic carbocycles. The van der Waals surface area contributed by atoms with Crippen LogP contribution in [0, 0.1) is 18.6 Å². The second-order valence-electron chi connectivity index (χ2n) is 5.89. The Balaban J connectivity index is 1.95. The summed E-state index contributed by atoms with van der Waals surface area (Å²) in [5, 5.41) is 12.2. The number of nitrogens with one attached hydrogen (secondary N) is 1. The van der Waals surface area contributed by atoms with Crippen LogP contribution in [0.1, 0.15) is 17.0 Å². The van der Waals surface area contributed by atoms with Crippen molar-refractivity contribution < 1.29 is 4.74 Å². The van der Waals surface area contributed by atoms with E-state index in [-0.39, 0.29) is 0 Å². The van der Waals surface area contributed by atoms with Crippen molar-refractivity contribution in [3.63, 3.8) is 0 Å². The highest BCUT2D eigenvalue weighted by molar-refractivity contribution is 7.71. The number of H-pyrrole nitrogens is 1. The van der Waals surface area contributed by atoms with Gasteiger partial charge in [0.25, 0.3) is 0 Å². The number of rotatable bonds is 6. The number of hydrogen-bond donors (Lipinski definition) is 1. The summed E-state index contributed by atoms with van der Waals surface area (Å²) in [7, 11) is 1.70. The van der Waals surface area contributed by atoms with Crippen LogP contribution >= 0.6 is 23.8 Å². The molecule has 1 aromatic carbocycles. The Morgan fingerprint density at radius 1 is 1.35 bits per heavy atom. The van der Waals surface area contributed by atoms with Gasteiger partial charge in [-0.3, -0.25) is 0 Å². The van der Waals surface area contributed by atoms with Gasteiger partial charge in [-0.15, -0.1) is 0 Å². The predicted molar refractivity (Wildman–Crippen MR) is 107 cm³/mol. The van der Waals surface area contributed by atoms with Crippen LogP contribution < -0.4 is 0 Å². The fourth-order valence-corrected chi connectivity index (χ4v) is 3.19. The summed E-state index contributed by atoms with van der Waals surface area (Å²) in [6.07, 6.45) is 1.80. The number of aryl methyl sites for hydroxylation is 1. The molecule has 0 saturated heterocycles. The van der Waals surface area contributed by atoms with Crippen LogP contribution in [0.4, 0.5) is 0 Å². The molecule has 0 bridgehead atoms. The predicted octanol–water partition coefficient (Wildman–Crippen LogP) is 4.21. The highest BCUT2D eigenvalue weighted by Crippen LogP contribution is 2.21. The van der Waals surface area contributed by atoms with Crippen molar-refractivity contribution >= 4 is 30.0 Å². The number of ether oxygens (including phenoxy) is 1. The minimum absolute atomic E-state index is 0.421. The molecule has 3 rings (SSSR count). The normalized spacial score (nSPS) is 11.5. The van der Waals surface area contributed by atoms with E-state index in [4.69, 9.17) is 28.6 Å². The number of halogens is 1. The van der Waals surface area contributed by atoms with Gasteiger partial charge in [0.15, 0.2) is 5.82 Å². The van der Waals surface area contributed by atoms with Gasteiger partial charge < -0.3 is 9.30 Å². The average molecular weight is 390 g/mol. The minimum Gasteiger partial charge on any atom is -0.383 e. The maximum absolute atomic E-state index is 6.08. The van der Waals surface area contributed by atoms with Crippen molar-refractivity contribution in [3.05, 3.63) is 57.1 Å². The van der Waals surface area contributed by atoms with Crippen molar-refractivity contribution in [2.24, 2.45) is 5.10 Å². The van der Waals surface area contributed by atoms with Crippen molar-refractivity contribution in [1.29, 1.82) is 0 Å². The number of aromatic nitrogens is 4. The van der Waals surface area contributed by atoms with E-state index in [2.05, 4.69) is 39.8 Å². The molecule has 0 spiro atoms. The molecule has 0 saturated carbocycles. The van der Waals surface area contributed by atoms with Gasteiger partial charge in [-0.2, -0.15) is 14.9 Å². The molecular weight excluding hydrogens is 370 g/mol. The maximum atomic E-state index is 6.08. The van der Waals surface area contributed by atoms with E-state index in [1.54, 1.807) is 18.0 Å². The Hall–Kier alpha value is -2.22. The molecule has 0 fully saturated rings. The van der Waals surface area contributed by atoms with Gasteiger partial charge in [0.2, 0.25) is 4.77 Å². The first-order chi connectivity index (χ1) is 12.5. The molecule has 1 N–H and O–H groups in total. The molecule has 2 heterocycles. The monoisotopic (exact) mass is 389 g/mol. The molecule has 0 amide bonds. The Morgan fingerprint density at radius 2 is 2.15 bits per heavy atom. The summed E-state index contributed by atoms with van der Waals surface area (Å²) >= 11 is 11.4. The second kappa shape index (κ2) is 7.99. The van der Waals surface area contributed by atoms with Crippen LogP contribution in [0.25, 0.3) is 11.4 Å². The highest BCUT2D eigenvalue weighted by atomic mass is 35.5. The van der Waals surface area contributed by atoms with Gasteiger partial charge in [-0.05, 0) is 44.3 Å². The van der Waals surface area contributed by atoms with Gasteiger partial charge in [-0.25, -0.2) is 5.10 Å². The zero-order valence-corrected chi connectivity index (χ0v) is 16.4. The first-order valence-corrected chi connectivity index (χ1v) is 8.93. The number of aromatic amines is 1. The summed E-state index contributed by atoms with van der Waals surface area (Å²) in [5.41, 5.74) is 4.15. The van der Waals surface area contributed by atoms with Gasteiger partial charge in [0.05, 0.1) is 12.8 Å². The van der Waals surface area contributed by atoms with Gasteiger partial charge in [0, 0.05) is 41.2 Å². The molecule has 136 valence electrons. The van der Waals surface area contributed by atoms with E-state index in [9.17, 15) is 0 Å². The SMILES string of the molecule is COCCn1c(C)cc(/C=N\n2c(-c3cccc(Cl)c3)n[nH]c2=S)c1C. The van der Waals surface area contributed by atoms with Crippen LogP contribution in [0.3, 0.4) is 0 Å². The second-order valence-corrected chi connectivity index (χ2v) is 6.71. The molecule has 26 heavy (non-hydrogen) atoms. The molecule has 6 nitrogen and oxygen atoms in total. The largest absolute Gasteiger partial charge is 0.383 e. The third-order valence-electron chi connectivity index (χ3n) is 4.18. The lowest BCUT2D eigenvalue weighted by molar-refractivity contribution is 0.186. The molecule has 8 heteroatoms. The lowest BCUT2D eigenvalue weighted by Crippen LogP contribution is -2.07. The van der Waals surface area contributed by atoms with Gasteiger partial charge >= 0.3 is 0 Å². The fourth-order valence-electron chi connectivity index (χ4n) is 2.82. The zero-order chi connectivity index (χ0) is 18.7. The number of methoxy groups -OCH3 is 1. The smallest absolute Gasteiger partial charge is 0.216 e. The first kappa shape index (κ1) is 18.6. The number of nitrogens with zero attached hydrogens (tertiary/aromatic N) is 4. The molecule has 3 aromatic rings. The van der Waals surface area contributed by atoms with E-state index < -0.39 is 0 Å². The van der Waals surface area contributed by atoms with E-state index in [0.29, 0.717) is 22.2 Å². The molecule has 0 unspecified atom stereocenters. The van der Waals surface area contributed by atoms with E-state index in [0.717, 1.165) is 29.1 Å². The minimum atomic E-state index is 0.421. The summed E-state index contributed by atoms with van der Waals surface area (Å²) in [4.78, 5) is 0. The standard InChI is InChI=1S/C18H20ClN5OS/c1-12-9-15(13(2)23(12)7-8-25-3)11-20-24-17(21-22-18(24)26)14-5-4-6-16(19)10-14/h4-6,9-11H,7-8H2,1-3H3,(H,22,26)/b20-11-. The van der Waals surface area contributed by atoms with E-state index in [1.807, 2.05) is 24.3 Å². The third-order valence-corrected chi connectivity index (χ3v) is 4.68. The molecule has 2 aromatic heterocycles. The van der Waals surface area contributed by atoms with Crippen LogP contribution in [0.2, 0.25) is 5.02 Å². The zero-order valence-electron chi connectivity index (χ0n) is 14.9. The molecule has 0 aliphatic heterocycles. The summed E-state index contributed by atoms with van der Waals surface area (Å²) in [5.74, 6) is 0.613. The van der Waals surface area contributed by atoms with Crippen molar-refractivity contribution in [3.8, 4) is 11.4 Å². The van der Waals surface area contributed by atoms with E-state index >= 15 is 0 Å². The first-order valence-electron chi connectivity index (χ1n) is 8.14. The van der Waals surface area contributed by atoms with Crippen molar-refractivity contribution in [1.82, 2.24) is 19.4 Å². The lowest BCUT2D eigenvalue weighted by Gasteiger charge is -2.08. The summed E-state index contributed by atoms with van der Waals surface area (Å²) in [6.45, 7) is 5.61. The third kappa shape index (κ3) is 3.80. The van der Waals surface area contributed by atoms with Crippen molar-refractivity contribution in [2.45, 2.75) is 20.4 Å².